The summed E-state index contributed by atoms with van der Waals surface area (Å²) in [5, 5.41) is 0. The van der Waals surface area contributed by atoms with E-state index in [1.165, 1.54) is 0 Å². The summed E-state index contributed by atoms with van der Waals surface area (Å²) in [5.41, 5.74) is 5.72. The average Bonchev–Trinajstić information content (AvgIpc) is 2.66. The zero-order valence-electron chi connectivity index (χ0n) is 16.7. The Balaban J connectivity index is 1.96. The number of ether oxygens (including phenoxy) is 1. The predicted molar refractivity (Wildman–Crippen MR) is 111 cm³/mol. The molecule has 3 aromatic rings. The molecule has 1 atom stereocenters. The summed E-state index contributed by atoms with van der Waals surface area (Å²) in [6.07, 6.45) is -0.989. The molecule has 0 aliphatic heterocycles. The summed E-state index contributed by atoms with van der Waals surface area (Å²) >= 11 is 0. The fourth-order valence-corrected chi connectivity index (χ4v) is 3.15. The summed E-state index contributed by atoms with van der Waals surface area (Å²) in [6, 6.07) is 20.3. The highest BCUT2D eigenvalue weighted by Crippen LogP contribution is 2.25. The molecule has 0 aromatic heterocycles. The van der Waals surface area contributed by atoms with Crippen molar-refractivity contribution in [2.24, 2.45) is 0 Å². The van der Waals surface area contributed by atoms with Crippen LogP contribution in [0.4, 0.5) is 0 Å². The van der Waals surface area contributed by atoms with Gasteiger partial charge in [-0.3, -0.25) is 4.79 Å². The Labute approximate surface area is 166 Å². The Hall–Kier alpha value is -3.20. The van der Waals surface area contributed by atoms with Crippen molar-refractivity contribution >= 4 is 11.8 Å². The third kappa shape index (κ3) is 4.55. The van der Waals surface area contributed by atoms with Crippen molar-refractivity contribution in [3.8, 4) is 0 Å². The monoisotopic (exact) mass is 372 g/mol. The molecule has 0 spiro atoms. The van der Waals surface area contributed by atoms with Crippen LogP contribution in [0.1, 0.15) is 54.6 Å². The van der Waals surface area contributed by atoms with E-state index in [1.54, 1.807) is 24.3 Å². The van der Waals surface area contributed by atoms with Crippen LogP contribution in [-0.2, 0) is 4.74 Å². The van der Waals surface area contributed by atoms with Crippen LogP contribution in [-0.4, -0.2) is 11.8 Å². The maximum absolute atomic E-state index is 13.2. The van der Waals surface area contributed by atoms with Gasteiger partial charge in [0.15, 0.2) is 6.10 Å². The molecule has 0 amide bonds. The smallest absolute Gasteiger partial charge is 0.339 e. The van der Waals surface area contributed by atoms with E-state index in [4.69, 9.17) is 4.74 Å². The highest BCUT2D eigenvalue weighted by atomic mass is 16.5. The van der Waals surface area contributed by atoms with Gasteiger partial charge in [-0.1, -0.05) is 76.9 Å². The molecule has 0 aliphatic carbocycles. The van der Waals surface area contributed by atoms with E-state index in [9.17, 15) is 9.59 Å². The van der Waals surface area contributed by atoms with Crippen LogP contribution in [0.2, 0.25) is 0 Å². The molecule has 3 aromatic carbocycles. The van der Waals surface area contributed by atoms with Crippen LogP contribution in [0.5, 0.6) is 0 Å². The summed E-state index contributed by atoms with van der Waals surface area (Å²) in [5.74, 6) is -0.737. The Morgan fingerprint density at radius 3 is 1.68 bits per heavy atom. The number of Topliss-reactive ketones (excluding diaryl/α,β-unsaturated/α-hetero) is 1. The molecular formula is C25H24O3. The first kappa shape index (κ1) is 19.6. The van der Waals surface area contributed by atoms with Crippen LogP contribution in [0.15, 0.2) is 66.7 Å². The van der Waals surface area contributed by atoms with E-state index in [2.05, 4.69) is 0 Å². The second-order valence-corrected chi connectivity index (χ2v) is 7.30. The van der Waals surface area contributed by atoms with Gasteiger partial charge in [-0.25, -0.2) is 4.79 Å². The van der Waals surface area contributed by atoms with Crippen LogP contribution >= 0.6 is 0 Å². The van der Waals surface area contributed by atoms with Crippen LogP contribution < -0.4 is 0 Å². The zero-order chi connectivity index (χ0) is 20.3. The first-order valence-electron chi connectivity index (χ1n) is 9.30. The van der Waals surface area contributed by atoms with Gasteiger partial charge >= 0.3 is 5.97 Å². The van der Waals surface area contributed by atoms with E-state index < -0.39 is 12.1 Å². The van der Waals surface area contributed by atoms with Crippen LogP contribution in [0, 0.1) is 27.7 Å². The van der Waals surface area contributed by atoms with E-state index >= 15 is 0 Å². The van der Waals surface area contributed by atoms with E-state index in [-0.39, 0.29) is 5.78 Å². The van der Waals surface area contributed by atoms with Gasteiger partial charge in [0.2, 0.25) is 5.78 Å². The molecule has 0 radical (unpaired) electrons. The summed E-state index contributed by atoms with van der Waals surface area (Å²) in [7, 11) is 0. The lowest BCUT2D eigenvalue weighted by atomic mass is 9.98. The van der Waals surface area contributed by atoms with E-state index in [0.29, 0.717) is 16.7 Å². The Morgan fingerprint density at radius 2 is 1.14 bits per heavy atom. The number of carbonyl (C=O) groups is 2. The molecule has 0 heterocycles. The SMILES string of the molecule is Cc1ccc(C(=O)[C@H](OC(=O)c2cc(C)cc(C)c2)c2ccc(C)cc2)cc1. The summed E-state index contributed by atoms with van der Waals surface area (Å²) in [6.45, 7) is 7.80. The van der Waals surface area contributed by atoms with Crippen LogP contribution in [0.3, 0.4) is 0 Å². The van der Waals surface area contributed by atoms with Gasteiger partial charge in [-0.05, 0) is 39.8 Å². The lowest BCUT2D eigenvalue weighted by molar-refractivity contribution is 0.0280. The maximum Gasteiger partial charge on any atom is 0.339 e. The number of benzene rings is 3. The molecule has 142 valence electrons. The molecule has 0 N–H and O–H groups in total. The summed E-state index contributed by atoms with van der Waals surface area (Å²) < 4.78 is 5.73. The average molecular weight is 372 g/mol. The molecule has 0 saturated heterocycles. The standard InChI is InChI=1S/C25H24O3/c1-16-5-9-20(10-6-16)23(26)24(21-11-7-17(2)8-12-21)28-25(27)22-14-18(3)13-19(4)15-22/h5-15,24H,1-4H3/t24-/m1/s1. The highest BCUT2D eigenvalue weighted by molar-refractivity contribution is 6.02. The van der Waals surface area contributed by atoms with Crippen molar-refractivity contribution in [3.63, 3.8) is 0 Å². The van der Waals surface area contributed by atoms with Gasteiger partial charge < -0.3 is 4.74 Å². The minimum Gasteiger partial charge on any atom is -0.445 e. The fourth-order valence-electron chi connectivity index (χ4n) is 3.15. The highest BCUT2D eigenvalue weighted by Gasteiger charge is 2.27. The molecule has 3 rings (SSSR count). The second-order valence-electron chi connectivity index (χ2n) is 7.30. The van der Waals surface area contributed by atoms with Gasteiger partial charge in [0, 0.05) is 11.1 Å². The lowest BCUT2D eigenvalue weighted by Crippen LogP contribution is -2.20. The lowest BCUT2D eigenvalue weighted by Gasteiger charge is -2.18. The third-order valence-electron chi connectivity index (χ3n) is 4.64. The number of rotatable bonds is 5. The maximum atomic E-state index is 13.2. The predicted octanol–water partition coefficient (Wildman–Crippen LogP) is 5.70. The number of esters is 1. The van der Waals surface area contributed by atoms with Gasteiger partial charge in [0.1, 0.15) is 0 Å². The number of ketones is 1. The Morgan fingerprint density at radius 1 is 0.643 bits per heavy atom. The topological polar surface area (TPSA) is 43.4 Å². The number of aryl methyl sites for hydroxylation is 4. The van der Waals surface area contributed by atoms with Gasteiger partial charge in [-0.2, -0.15) is 0 Å². The number of hydrogen-bond acceptors (Lipinski definition) is 3. The van der Waals surface area contributed by atoms with E-state index in [1.807, 2.05) is 70.2 Å². The largest absolute Gasteiger partial charge is 0.445 e. The normalized spacial score (nSPS) is 11.7. The zero-order valence-corrected chi connectivity index (χ0v) is 16.7. The van der Waals surface area contributed by atoms with Crippen molar-refractivity contribution in [3.05, 3.63) is 106 Å². The first-order chi connectivity index (χ1) is 13.3. The molecule has 0 bridgehead atoms. The minimum absolute atomic E-state index is 0.235. The second kappa shape index (κ2) is 8.22. The quantitative estimate of drug-likeness (QED) is 0.426. The molecule has 28 heavy (non-hydrogen) atoms. The Kier molecular flexibility index (Phi) is 5.74. The first-order valence-corrected chi connectivity index (χ1v) is 9.30. The third-order valence-corrected chi connectivity index (χ3v) is 4.64. The van der Waals surface area contributed by atoms with Crippen molar-refractivity contribution in [2.45, 2.75) is 33.8 Å². The minimum atomic E-state index is -0.989. The van der Waals surface area contributed by atoms with Gasteiger partial charge in [-0.15, -0.1) is 0 Å². The van der Waals surface area contributed by atoms with Crippen LogP contribution in [0.25, 0.3) is 0 Å². The van der Waals surface area contributed by atoms with Crippen molar-refractivity contribution in [1.29, 1.82) is 0 Å². The number of carbonyl (C=O) groups excluding carboxylic acids is 2. The molecular weight excluding hydrogens is 348 g/mol. The molecule has 0 unspecified atom stereocenters. The van der Waals surface area contributed by atoms with Crippen molar-refractivity contribution in [1.82, 2.24) is 0 Å². The van der Waals surface area contributed by atoms with Crippen molar-refractivity contribution < 1.29 is 14.3 Å². The van der Waals surface area contributed by atoms with Gasteiger partial charge in [0.25, 0.3) is 0 Å². The molecule has 0 saturated carbocycles. The Bertz CT molecular complexity index is 979. The fraction of sp³-hybridized carbons (Fsp3) is 0.200. The summed E-state index contributed by atoms with van der Waals surface area (Å²) in [4.78, 5) is 26.0. The number of hydrogen-bond donors (Lipinski definition) is 0. The molecule has 3 heteroatoms. The molecule has 0 aliphatic rings. The molecule has 3 nitrogen and oxygen atoms in total. The molecule has 0 fully saturated rings. The van der Waals surface area contributed by atoms with Crippen molar-refractivity contribution in [2.75, 3.05) is 0 Å². The van der Waals surface area contributed by atoms with Gasteiger partial charge in [0.05, 0.1) is 5.56 Å². The van der Waals surface area contributed by atoms with E-state index in [0.717, 1.165) is 22.3 Å².